The van der Waals surface area contributed by atoms with Crippen LogP contribution in [0.25, 0.3) is 0 Å². The predicted octanol–water partition coefficient (Wildman–Crippen LogP) is 0.968. The second-order valence-corrected chi connectivity index (χ2v) is 2.50. The van der Waals surface area contributed by atoms with Crippen LogP contribution in [0.15, 0.2) is 0 Å². The number of nitrogens with one attached hydrogen (secondary N) is 1. The molecular formula is C7H16ClNO2. The predicted molar refractivity (Wildman–Crippen MR) is 47.0 cm³/mol. The normalized spacial score (nSPS) is 12.1. The van der Waals surface area contributed by atoms with Crippen molar-refractivity contribution < 1.29 is 9.53 Å². The minimum Gasteiger partial charge on any atom is -0.462 e. The zero-order valence-electron chi connectivity index (χ0n) is 7.38. The molecule has 0 unspecified atom stereocenters. The van der Waals surface area contributed by atoms with Gasteiger partial charge in [-0.3, -0.25) is 4.79 Å². The average molecular weight is 182 g/mol. The number of esters is 1. The average Bonchev–Trinajstić information content (AvgIpc) is 1.85. The summed E-state index contributed by atoms with van der Waals surface area (Å²) < 4.78 is 4.90. The number of likely N-dealkylation sites (N-methyl/N-ethyl adjacent to an activating group) is 1. The van der Waals surface area contributed by atoms with Crippen molar-refractivity contribution in [2.75, 3.05) is 7.05 Å². The maximum Gasteiger partial charge on any atom is 0.323 e. The van der Waals surface area contributed by atoms with Gasteiger partial charge in [-0.1, -0.05) is 0 Å². The lowest BCUT2D eigenvalue weighted by Gasteiger charge is -2.12. The fraction of sp³-hybridized carbons (Fsp3) is 0.857. The van der Waals surface area contributed by atoms with Crippen molar-refractivity contribution in [2.24, 2.45) is 0 Å². The molecule has 1 atom stereocenters. The molecule has 0 aromatic carbocycles. The Kier molecular flexibility index (Phi) is 7.79. The maximum absolute atomic E-state index is 10.9. The molecular weight excluding hydrogens is 166 g/mol. The highest BCUT2D eigenvalue weighted by molar-refractivity contribution is 5.85. The van der Waals surface area contributed by atoms with Crippen molar-refractivity contribution in [1.82, 2.24) is 5.32 Å². The summed E-state index contributed by atoms with van der Waals surface area (Å²) in [6.45, 7) is 5.44. The van der Waals surface area contributed by atoms with Crippen LogP contribution >= 0.6 is 12.4 Å². The molecule has 0 fully saturated rings. The van der Waals surface area contributed by atoms with Gasteiger partial charge in [-0.25, -0.2) is 0 Å². The van der Waals surface area contributed by atoms with Crippen LogP contribution < -0.4 is 5.32 Å². The van der Waals surface area contributed by atoms with Gasteiger partial charge in [0, 0.05) is 0 Å². The minimum absolute atomic E-state index is 0. The first-order valence-corrected chi connectivity index (χ1v) is 3.45. The smallest absolute Gasteiger partial charge is 0.323 e. The maximum atomic E-state index is 10.9. The molecule has 0 aliphatic rings. The fourth-order valence-electron chi connectivity index (χ4n) is 0.452. The molecule has 0 spiro atoms. The van der Waals surface area contributed by atoms with E-state index < -0.39 is 0 Å². The minimum atomic E-state index is -0.206. The molecule has 0 amide bonds. The summed E-state index contributed by atoms with van der Waals surface area (Å²) in [5.74, 6) is -0.197. The molecule has 0 aromatic rings. The van der Waals surface area contributed by atoms with E-state index in [1.165, 1.54) is 0 Å². The van der Waals surface area contributed by atoms with Crippen LogP contribution in [0, 0.1) is 0 Å². The van der Waals surface area contributed by atoms with Gasteiger partial charge in [-0.05, 0) is 27.8 Å². The third kappa shape index (κ3) is 6.13. The van der Waals surface area contributed by atoms with Crippen LogP contribution in [-0.2, 0) is 9.53 Å². The molecule has 0 radical (unpaired) electrons. The molecule has 0 aromatic heterocycles. The van der Waals surface area contributed by atoms with Crippen LogP contribution in [-0.4, -0.2) is 25.2 Å². The Hall–Kier alpha value is -0.280. The van der Waals surface area contributed by atoms with Crippen molar-refractivity contribution in [1.29, 1.82) is 0 Å². The highest BCUT2D eigenvalue weighted by Crippen LogP contribution is 1.92. The Balaban J connectivity index is 0. The number of carbonyl (C=O) groups excluding carboxylic acids is 1. The number of carbonyl (C=O) groups is 1. The van der Waals surface area contributed by atoms with Gasteiger partial charge in [0.25, 0.3) is 0 Å². The Morgan fingerprint density at radius 3 is 2.09 bits per heavy atom. The molecule has 4 heteroatoms. The van der Waals surface area contributed by atoms with Crippen molar-refractivity contribution in [3.8, 4) is 0 Å². The topological polar surface area (TPSA) is 38.3 Å². The van der Waals surface area contributed by atoms with Crippen LogP contribution in [0.2, 0.25) is 0 Å². The van der Waals surface area contributed by atoms with E-state index in [4.69, 9.17) is 4.74 Å². The van der Waals surface area contributed by atoms with E-state index in [1.54, 1.807) is 14.0 Å². The SMILES string of the molecule is CN[C@@H](C)C(=O)OC(C)C.Cl. The molecule has 0 aliphatic heterocycles. The summed E-state index contributed by atoms with van der Waals surface area (Å²) >= 11 is 0. The molecule has 11 heavy (non-hydrogen) atoms. The number of ether oxygens (including phenoxy) is 1. The Bertz CT molecular complexity index is 117. The Morgan fingerprint density at radius 2 is 1.82 bits per heavy atom. The monoisotopic (exact) mass is 181 g/mol. The van der Waals surface area contributed by atoms with Crippen molar-refractivity contribution in [2.45, 2.75) is 32.9 Å². The second kappa shape index (κ2) is 6.43. The summed E-state index contributed by atoms with van der Waals surface area (Å²) in [6.07, 6.45) is -0.0247. The first-order chi connectivity index (χ1) is 4.57. The largest absolute Gasteiger partial charge is 0.462 e. The van der Waals surface area contributed by atoms with Gasteiger partial charge >= 0.3 is 5.97 Å². The molecule has 0 bridgehead atoms. The third-order valence-corrected chi connectivity index (χ3v) is 1.14. The zero-order valence-corrected chi connectivity index (χ0v) is 8.20. The molecule has 68 valence electrons. The lowest BCUT2D eigenvalue weighted by Crippen LogP contribution is -2.33. The highest BCUT2D eigenvalue weighted by atomic mass is 35.5. The van der Waals surface area contributed by atoms with Gasteiger partial charge in [-0.2, -0.15) is 0 Å². The summed E-state index contributed by atoms with van der Waals surface area (Å²) in [5.41, 5.74) is 0. The number of halogens is 1. The van der Waals surface area contributed by atoms with E-state index in [1.807, 2.05) is 13.8 Å². The van der Waals surface area contributed by atoms with Gasteiger partial charge in [0.15, 0.2) is 0 Å². The lowest BCUT2D eigenvalue weighted by molar-refractivity contribution is -0.149. The fourth-order valence-corrected chi connectivity index (χ4v) is 0.452. The van der Waals surface area contributed by atoms with Gasteiger partial charge in [-0.15, -0.1) is 12.4 Å². The number of hydrogen-bond donors (Lipinski definition) is 1. The zero-order chi connectivity index (χ0) is 8.15. The van der Waals surface area contributed by atoms with Crippen molar-refractivity contribution >= 4 is 18.4 Å². The molecule has 1 N–H and O–H groups in total. The van der Waals surface area contributed by atoms with Crippen LogP contribution in [0.4, 0.5) is 0 Å². The van der Waals surface area contributed by atoms with Crippen LogP contribution in [0.3, 0.4) is 0 Å². The van der Waals surface area contributed by atoms with E-state index in [-0.39, 0.29) is 30.5 Å². The molecule has 0 saturated carbocycles. The molecule has 0 saturated heterocycles. The van der Waals surface area contributed by atoms with E-state index in [0.29, 0.717) is 0 Å². The molecule has 3 nitrogen and oxygen atoms in total. The van der Waals surface area contributed by atoms with Gasteiger partial charge in [0.05, 0.1) is 6.10 Å². The summed E-state index contributed by atoms with van der Waals surface area (Å²) in [4.78, 5) is 10.9. The summed E-state index contributed by atoms with van der Waals surface area (Å²) in [7, 11) is 1.73. The first-order valence-electron chi connectivity index (χ1n) is 3.45. The lowest BCUT2D eigenvalue weighted by atomic mass is 10.3. The summed E-state index contributed by atoms with van der Waals surface area (Å²) in [5, 5.41) is 2.80. The van der Waals surface area contributed by atoms with E-state index in [0.717, 1.165) is 0 Å². The van der Waals surface area contributed by atoms with Crippen LogP contribution in [0.1, 0.15) is 20.8 Å². The number of hydrogen-bond acceptors (Lipinski definition) is 3. The second-order valence-electron chi connectivity index (χ2n) is 2.50. The quantitative estimate of drug-likeness (QED) is 0.660. The Labute approximate surface area is 73.9 Å². The summed E-state index contributed by atoms with van der Waals surface area (Å²) in [6, 6.07) is -0.206. The van der Waals surface area contributed by atoms with E-state index in [9.17, 15) is 4.79 Å². The molecule has 0 rings (SSSR count). The van der Waals surface area contributed by atoms with Gasteiger partial charge < -0.3 is 10.1 Å². The highest BCUT2D eigenvalue weighted by Gasteiger charge is 2.12. The molecule has 0 aliphatic carbocycles. The van der Waals surface area contributed by atoms with Gasteiger partial charge in [0.2, 0.25) is 0 Å². The first kappa shape index (κ1) is 13.3. The Morgan fingerprint density at radius 1 is 1.36 bits per heavy atom. The standard InChI is InChI=1S/C7H15NO2.ClH/c1-5(2)10-7(9)6(3)8-4;/h5-6,8H,1-4H3;1H/t6-;/m0./s1. The van der Waals surface area contributed by atoms with E-state index in [2.05, 4.69) is 5.32 Å². The van der Waals surface area contributed by atoms with E-state index >= 15 is 0 Å². The van der Waals surface area contributed by atoms with Crippen molar-refractivity contribution in [3.63, 3.8) is 0 Å². The number of rotatable bonds is 3. The third-order valence-electron chi connectivity index (χ3n) is 1.14. The van der Waals surface area contributed by atoms with Crippen molar-refractivity contribution in [3.05, 3.63) is 0 Å². The van der Waals surface area contributed by atoms with Crippen LogP contribution in [0.5, 0.6) is 0 Å². The van der Waals surface area contributed by atoms with Gasteiger partial charge in [0.1, 0.15) is 6.04 Å². The molecule has 0 heterocycles.